The minimum atomic E-state index is -0.0687. The zero-order chi connectivity index (χ0) is 14.8. The predicted molar refractivity (Wildman–Crippen MR) is 97.8 cm³/mol. The van der Waals surface area contributed by atoms with Gasteiger partial charge >= 0.3 is 0 Å². The van der Waals surface area contributed by atoms with Crippen LogP contribution in [0.1, 0.15) is 17.2 Å². The summed E-state index contributed by atoms with van der Waals surface area (Å²) in [5.41, 5.74) is 6.12. The first-order valence-electron chi connectivity index (χ1n) is 6.45. The maximum atomic E-state index is 5.81. The van der Waals surface area contributed by atoms with Crippen LogP contribution in [0.4, 0.5) is 0 Å². The van der Waals surface area contributed by atoms with Crippen LogP contribution in [-0.4, -0.2) is 4.98 Å². The number of nitrogens with zero attached hydrogens (tertiary/aromatic N) is 1. The summed E-state index contributed by atoms with van der Waals surface area (Å²) in [6, 6.07) is 16.4. The molecule has 0 saturated carbocycles. The van der Waals surface area contributed by atoms with Gasteiger partial charge in [-0.05, 0) is 64.0 Å². The normalized spacial score (nSPS) is 12.5. The monoisotopic (exact) mass is 453 g/mol. The van der Waals surface area contributed by atoms with E-state index >= 15 is 0 Å². The molecule has 0 amide bonds. The molecule has 1 heterocycles. The summed E-state index contributed by atoms with van der Waals surface area (Å²) in [6.45, 7) is 0. The molecule has 0 aliphatic rings. The van der Waals surface area contributed by atoms with Crippen molar-refractivity contribution in [2.75, 3.05) is 0 Å². The summed E-state index contributed by atoms with van der Waals surface area (Å²) >= 11 is 5.85. The number of fused-ring (bicyclic) bond motifs is 1. The number of aromatic nitrogens is 1. The molecule has 1 atom stereocenters. The third kappa shape index (κ3) is 3.11. The molecule has 3 nitrogen and oxygen atoms in total. The summed E-state index contributed by atoms with van der Waals surface area (Å²) in [7, 11) is 0. The predicted octanol–water partition coefficient (Wildman–Crippen LogP) is 4.15. The van der Waals surface area contributed by atoms with Crippen molar-refractivity contribution >= 4 is 49.4 Å². The Hall–Kier alpha value is -1.02. The van der Waals surface area contributed by atoms with Crippen molar-refractivity contribution in [2.45, 2.75) is 6.04 Å². The van der Waals surface area contributed by atoms with E-state index in [1.807, 2.05) is 12.1 Å². The van der Waals surface area contributed by atoms with Gasteiger partial charge in [-0.15, -0.1) is 0 Å². The van der Waals surface area contributed by atoms with E-state index in [2.05, 4.69) is 85.3 Å². The van der Waals surface area contributed by atoms with Gasteiger partial charge in [-0.3, -0.25) is 10.8 Å². The van der Waals surface area contributed by atoms with Crippen LogP contribution in [0.2, 0.25) is 0 Å². The van der Waals surface area contributed by atoms with Crippen LogP contribution < -0.4 is 11.3 Å². The smallest absolute Gasteiger partial charge is 0.0721 e. The largest absolute Gasteiger partial charge is 0.271 e. The van der Waals surface area contributed by atoms with Gasteiger partial charge in [0.2, 0.25) is 0 Å². The first kappa shape index (κ1) is 14.9. The van der Waals surface area contributed by atoms with Crippen molar-refractivity contribution in [1.29, 1.82) is 0 Å². The van der Waals surface area contributed by atoms with E-state index in [4.69, 9.17) is 5.84 Å². The summed E-state index contributed by atoms with van der Waals surface area (Å²) in [5.74, 6) is 5.81. The van der Waals surface area contributed by atoms with Crippen molar-refractivity contribution in [1.82, 2.24) is 10.4 Å². The fourth-order valence-electron chi connectivity index (χ4n) is 2.36. The molecule has 1 unspecified atom stereocenters. The van der Waals surface area contributed by atoms with E-state index < -0.39 is 0 Å². The maximum Gasteiger partial charge on any atom is 0.0721 e. The number of nitrogens with two attached hydrogens (primary N) is 1. The third-order valence-electron chi connectivity index (χ3n) is 3.40. The fraction of sp³-hybridized carbons (Fsp3) is 0.0625. The van der Waals surface area contributed by atoms with Gasteiger partial charge in [0.05, 0.1) is 11.6 Å². The summed E-state index contributed by atoms with van der Waals surface area (Å²) in [5, 5.41) is 1.13. The topological polar surface area (TPSA) is 50.9 Å². The van der Waals surface area contributed by atoms with Crippen LogP contribution >= 0.6 is 38.5 Å². The lowest BCUT2D eigenvalue weighted by atomic mass is 9.98. The van der Waals surface area contributed by atoms with Gasteiger partial charge < -0.3 is 0 Å². The van der Waals surface area contributed by atoms with Crippen molar-refractivity contribution in [3.63, 3.8) is 0 Å². The molecule has 0 bridgehead atoms. The van der Waals surface area contributed by atoms with Crippen LogP contribution in [0.3, 0.4) is 0 Å². The van der Waals surface area contributed by atoms with E-state index in [1.165, 1.54) is 3.57 Å². The highest BCUT2D eigenvalue weighted by molar-refractivity contribution is 14.1. The molecule has 3 N–H and O–H groups in total. The van der Waals surface area contributed by atoms with E-state index in [-0.39, 0.29) is 6.04 Å². The first-order chi connectivity index (χ1) is 10.2. The Morgan fingerprint density at radius 2 is 2.00 bits per heavy atom. The lowest BCUT2D eigenvalue weighted by Crippen LogP contribution is -2.29. The van der Waals surface area contributed by atoms with Crippen molar-refractivity contribution in [3.8, 4) is 0 Å². The number of hydrogen-bond acceptors (Lipinski definition) is 3. The zero-order valence-electron chi connectivity index (χ0n) is 11.1. The Morgan fingerprint density at radius 3 is 2.81 bits per heavy atom. The number of pyridine rings is 1. The summed E-state index contributed by atoms with van der Waals surface area (Å²) in [4.78, 5) is 4.41. The second-order valence-electron chi connectivity index (χ2n) is 4.72. The second-order valence-corrected chi connectivity index (χ2v) is 6.80. The Kier molecular flexibility index (Phi) is 4.54. The van der Waals surface area contributed by atoms with Crippen LogP contribution in [0.15, 0.2) is 59.2 Å². The quantitative estimate of drug-likeness (QED) is 0.355. The molecule has 0 aliphatic carbocycles. The Balaban J connectivity index is 2.11. The van der Waals surface area contributed by atoms with E-state index in [1.54, 1.807) is 6.20 Å². The zero-order valence-corrected chi connectivity index (χ0v) is 14.8. The molecule has 5 heteroatoms. The molecule has 0 fully saturated rings. The molecule has 0 aliphatic heterocycles. The highest BCUT2D eigenvalue weighted by atomic mass is 127. The molecule has 21 heavy (non-hydrogen) atoms. The lowest BCUT2D eigenvalue weighted by Gasteiger charge is -2.19. The lowest BCUT2D eigenvalue weighted by molar-refractivity contribution is 0.634. The average molecular weight is 454 g/mol. The van der Waals surface area contributed by atoms with Gasteiger partial charge in [0.15, 0.2) is 0 Å². The van der Waals surface area contributed by atoms with Crippen LogP contribution in [-0.2, 0) is 0 Å². The number of hydrazine groups is 1. The van der Waals surface area contributed by atoms with Crippen LogP contribution in [0, 0.1) is 3.57 Å². The standard InChI is InChI=1S/C16H13BrIN3/c17-12-5-6-14(18)13(9-12)16(21-19)11-4-3-10-2-1-7-20-15(10)8-11/h1-9,16,21H,19H2. The molecule has 3 rings (SSSR count). The number of hydrogen-bond donors (Lipinski definition) is 2. The van der Waals surface area contributed by atoms with Gasteiger partial charge in [-0.25, -0.2) is 5.43 Å². The highest BCUT2D eigenvalue weighted by Crippen LogP contribution is 2.29. The molecular formula is C16H13BrIN3. The second kappa shape index (κ2) is 6.39. The first-order valence-corrected chi connectivity index (χ1v) is 8.32. The summed E-state index contributed by atoms with van der Waals surface area (Å²) in [6.07, 6.45) is 1.81. The van der Waals surface area contributed by atoms with Gasteiger partial charge in [-0.1, -0.05) is 34.1 Å². The molecule has 3 aromatic rings. The SMILES string of the molecule is NNC(c1ccc2cccnc2c1)c1cc(Br)ccc1I. The Bertz CT molecular complexity index is 791. The Morgan fingerprint density at radius 1 is 1.14 bits per heavy atom. The fourth-order valence-corrected chi connectivity index (χ4v) is 3.39. The number of nitrogens with one attached hydrogen (secondary N) is 1. The van der Waals surface area contributed by atoms with Gasteiger partial charge in [-0.2, -0.15) is 0 Å². The van der Waals surface area contributed by atoms with Crippen LogP contribution in [0.25, 0.3) is 10.9 Å². The molecule has 0 saturated heterocycles. The number of rotatable bonds is 3. The molecule has 2 aromatic carbocycles. The van der Waals surface area contributed by atoms with E-state index in [9.17, 15) is 0 Å². The average Bonchev–Trinajstić information content (AvgIpc) is 2.51. The van der Waals surface area contributed by atoms with Gasteiger partial charge in [0.25, 0.3) is 0 Å². The molecular weight excluding hydrogens is 441 g/mol. The van der Waals surface area contributed by atoms with Gasteiger partial charge in [0.1, 0.15) is 0 Å². The molecule has 0 radical (unpaired) electrons. The number of benzene rings is 2. The third-order valence-corrected chi connectivity index (χ3v) is 4.87. The van der Waals surface area contributed by atoms with E-state index in [0.717, 1.165) is 26.5 Å². The highest BCUT2D eigenvalue weighted by Gasteiger charge is 2.16. The molecule has 106 valence electrons. The minimum Gasteiger partial charge on any atom is -0.271 e. The van der Waals surface area contributed by atoms with Crippen molar-refractivity contribution in [3.05, 3.63) is 73.9 Å². The summed E-state index contributed by atoms with van der Waals surface area (Å²) < 4.78 is 2.21. The number of halogens is 2. The molecule has 1 aromatic heterocycles. The van der Waals surface area contributed by atoms with Crippen molar-refractivity contribution < 1.29 is 0 Å². The Labute approximate surface area is 145 Å². The van der Waals surface area contributed by atoms with Crippen LogP contribution in [0.5, 0.6) is 0 Å². The van der Waals surface area contributed by atoms with Crippen molar-refractivity contribution in [2.24, 2.45) is 5.84 Å². The van der Waals surface area contributed by atoms with E-state index in [0.29, 0.717) is 0 Å². The van der Waals surface area contributed by atoms with Gasteiger partial charge in [0, 0.05) is 19.6 Å². The maximum absolute atomic E-state index is 5.81. The molecule has 0 spiro atoms. The minimum absolute atomic E-state index is 0.0687.